The molecule has 1 saturated carbocycles. The van der Waals surface area contributed by atoms with Crippen molar-refractivity contribution in [2.24, 2.45) is 5.84 Å². The van der Waals surface area contributed by atoms with Crippen LogP contribution in [0.2, 0.25) is 0 Å². The van der Waals surface area contributed by atoms with Crippen molar-refractivity contribution < 1.29 is 9.53 Å². The SMILES string of the molecule is CC(C)Oc1ccc(C2(C(=O)NN)CC2)cc1. The average molecular weight is 234 g/mol. The number of hydrogen-bond acceptors (Lipinski definition) is 3. The lowest BCUT2D eigenvalue weighted by Gasteiger charge is -2.15. The van der Waals surface area contributed by atoms with Gasteiger partial charge in [-0.05, 0) is 44.4 Å². The Morgan fingerprint density at radius 1 is 1.35 bits per heavy atom. The van der Waals surface area contributed by atoms with Gasteiger partial charge in [-0.2, -0.15) is 0 Å². The Balaban J connectivity index is 2.16. The van der Waals surface area contributed by atoms with E-state index in [1.807, 2.05) is 38.1 Å². The molecule has 0 spiro atoms. The molecule has 0 radical (unpaired) electrons. The summed E-state index contributed by atoms with van der Waals surface area (Å²) in [6.07, 6.45) is 1.88. The fraction of sp³-hybridized carbons (Fsp3) is 0.462. The minimum atomic E-state index is -0.398. The van der Waals surface area contributed by atoms with Crippen LogP contribution in [-0.4, -0.2) is 12.0 Å². The molecule has 0 unspecified atom stereocenters. The van der Waals surface area contributed by atoms with Crippen LogP contribution in [0, 0.1) is 0 Å². The first-order valence-corrected chi connectivity index (χ1v) is 5.87. The maximum atomic E-state index is 11.7. The van der Waals surface area contributed by atoms with Gasteiger partial charge >= 0.3 is 0 Å². The molecule has 0 aliphatic heterocycles. The monoisotopic (exact) mass is 234 g/mol. The van der Waals surface area contributed by atoms with Crippen LogP contribution in [0.4, 0.5) is 0 Å². The second-order valence-corrected chi connectivity index (χ2v) is 4.75. The van der Waals surface area contributed by atoms with Gasteiger partial charge < -0.3 is 4.74 Å². The largest absolute Gasteiger partial charge is 0.491 e. The predicted molar refractivity (Wildman–Crippen MR) is 65.4 cm³/mol. The van der Waals surface area contributed by atoms with Crippen LogP contribution in [-0.2, 0) is 10.2 Å². The van der Waals surface area contributed by atoms with Gasteiger partial charge in [0.25, 0.3) is 0 Å². The summed E-state index contributed by atoms with van der Waals surface area (Å²) in [5.74, 6) is 5.93. The Morgan fingerprint density at radius 3 is 2.35 bits per heavy atom. The highest BCUT2D eigenvalue weighted by Crippen LogP contribution is 2.48. The summed E-state index contributed by atoms with van der Waals surface area (Å²) in [5.41, 5.74) is 2.86. The minimum Gasteiger partial charge on any atom is -0.491 e. The van der Waals surface area contributed by atoms with Crippen LogP contribution in [0.25, 0.3) is 0 Å². The number of benzene rings is 1. The smallest absolute Gasteiger partial charge is 0.244 e. The topological polar surface area (TPSA) is 64.3 Å². The Morgan fingerprint density at radius 2 is 1.94 bits per heavy atom. The molecular formula is C13H18N2O2. The number of rotatable bonds is 4. The van der Waals surface area contributed by atoms with Crippen LogP contribution >= 0.6 is 0 Å². The van der Waals surface area contributed by atoms with Crippen molar-refractivity contribution >= 4 is 5.91 Å². The number of nitrogens with two attached hydrogens (primary N) is 1. The van der Waals surface area contributed by atoms with E-state index in [-0.39, 0.29) is 12.0 Å². The van der Waals surface area contributed by atoms with E-state index in [9.17, 15) is 4.79 Å². The van der Waals surface area contributed by atoms with Crippen molar-refractivity contribution in [3.8, 4) is 5.75 Å². The number of hydrazine groups is 1. The van der Waals surface area contributed by atoms with Crippen LogP contribution in [0.1, 0.15) is 32.3 Å². The Labute approximate surface area is 101 Å². The Hall–Kier alpha value is -1.55. The highest BCUT2D eigenvalue weighted by molar-refractivity contribution is 5.90. The molecule has 0 heterocycles. The van der Waals surface area contributed by atoms with E-state index in [1.165, 1.54) is 0 Å². The van der Waals surface area contributed by atoms with Gasteiger partial charge in [0.05, 0.1) is 11.5 Å². The van der Waals surface area contributed by atoms with Crippen molar-refractivity contribution in [3.63, 3.8) is 0 Å². The highest BCUT2D eigenvalue weighted by atomic mass is 16.5. The van der Waals surface area contributed by atoms with E-state index < -0.39 is 5.41 Å². The van der Waals surface area contributed by atoms with Crippen LogP contribution < -0.4 is 16.0 Å². The first-order chi connectivity index (χ1) is 8.08. The van der Waals surface area contributed by atoms with Crippen LogP contribution in [0.5, 0.6) is 5.75 Å². The summed E-state index contributed by atoms with van der Waals surface area (Å²) < 4.78 is 5.56. The maximum Gasteiger partial charge on any atom is 0.244 e. The zero-order valence-corrected chi connectivity index (χ0v) is 10.2. The zero-order valence-electron chi connectivity index (χ0n) is 10.2. The number of amides is 1. The first-order valence-electron chi connectivity index (χ1n) is 5.87. The third-order valence-electron chi connectivity index (χ3n) is 3.09. The molecule has 1 fully saturated rings. The standard InChI is InChI=1S/C13H18N2O2/c1-9(2)17-11-5-3-10(4-6-11)13(7-8-13)12(16)15-14/h3-6,9H,7-8,14H2,1-2H3,(H,15,16). The van der Waals surface area contributed by atoms with Gasteiger partial charge in [-0.25, -0.2) is 5.84 Å². The van der Waals surface area contributed by atoms with Gasteiger partial charge in [-0.15, -0.1) is 0 Å². The molecular weight excluding hydrogens is 216 g/mol. The second kappa shape index (κ2) is 4.37. The molecule has 0 atom stereocenters. The quantitative estimate of drug-likeness (QED) is 0.471. The Bertz CT molecular complexity index is 408. The van der Waals surface area contributed by atoms with Crippen LogP contribution in [0.3, 0.4) is 0 Å². The average Bonchev–Trinajstić information content (AvgIpc) is 3.09. The first kappa shape index (κ1) is 11.9. The molecule has 4 nitrogen and oxygen atoms in total. The summed E-state index contributed by atoms with van der Waals surface area (Å²) in [6, 6.07) is 7.69. The normalized spacial score (nSPS) is 16.7. The molecule has 1 aliphatic carbocycles. The van der Waals surface area contributed by atoms with E-state index in [2.05, 4.69) is 5.43 Å². The summed E-state index contributed by atoms with van der Waals surface area (Å²) in [7, 11) is 0. The van der Waals surface area contributed by atoms with E-state index in [0.717, 1.165) is 24.2 Å². The third-order valence-corrected chi connectivity index (χ3v) is 3.09. The number of carbonyl (C=O) groups is 1. The third kappa shape index (κ3) is 2.26. The molecule has 1 aromatic carbocycles. The molecule has 3 N–H and O–H groups in total. The van der Waals surface area contributed by atoms with Gasteiger partial charge in [0, 0.05) is 0 Å². The minimum absolute atomic E-state index is 0.102. The predicted octanol–water partition coefficient (Wildman–Crippen LogP) is 1.50. The summed E-state index contributed by atoms with van der Waals surface area (Å²) in [4.78, 5) is 11.7. The van der Waals surface area contributed by atoms with E-state index in [0.29, 0.717) is 0 Å². The van der Waals surface area contributed by atoms with Gasteiger partial charge in [-0.3, -0.25) is 10.2 Å². The summed E-state index contributed by atoms with van der Waals surface area (Å²) in [5, 5.41) is 0. The van der Waals surface area contributed by atoms with Crippen molar-refractivity contribution in [1.82, 2.24) is 5.43 Å². The second-order valence-electron chi connectivity index (χ2n) is 4.75. The number of ether oxygens (including phenoxy) is 1. The molecule has 0 aromatic heterocycles. The van der Waals surface area contributed by atoms with Crippen molar-refractivity contribution in [2.45, 2.75) is 38.2 Å². The zero-order chi connectivity index (χ0) is 12.5. The lowest BCUT2D eigenvalue weighted by atomic mass is 9.95. The van der Waals surface area contributed by atoms with Crippen LogP contribution in [0.15, 0.2) is 24.3 Å². The fourth-order valence-corrected chi connectivity index (χ4v) is 2.03. The van der Waals surface area contributed by atoms with Gasteiger partial charge in [-0.1, -0.05) is 12.1 Å². The molecule has 1 aromatic rings. The number of carbonyl (C=O) groups excluding carboxylic acids is 1. The molecule has 0 saturated heterocycles. The lowest BCUT2D eigenvalue weighted by molar-refractivity contribution is -0.123. The highest BCUT2D eigenvalue weighted by Gasteiger charge is 2.50. The van der Waals surface area contributed by atoms with Gasteiger partial charge in [0.15, 0.2) is 0 Å². The molecule has 1 amide bonds. The molecule has 0 bridgehead atoms. The van der Waals surface area contributed by atoms with E-state index in [4.69, 9.17) is 10.6 Å². The van der Waals surface area contributed by atoms with Gasteiger partial charge in [0.1, 0.15) is 5.75 Å². The van der Waals surface area contributed by atoms with Crippen molar-refractivity contribution in [3.05, 3.63) is 29.8 Å². The Kier molecular flexibility index (Phi) is 3.07. The molecule has 4 heteroatoms. The van der Waals surface area contributed by atoms with Gasteiger partial charge in [0.2, 0.25) is 5.91 Å². The van der Waals surface area contributed by atoms with Crippen molar-refractivity contribution in [2.75, 3.05) is 0 Å². The maximum absolute atomic E-state index is 11.7. The summed E-state index contributed by atoms with van der Waals surface area (Å²) >= 11 is 0. The number of hydrogen-bond donors (Lipinski definition) is 2. The van der Waals surface area contributed by atoms with E-state index >= 15 is 0 Å². The lowest BCUT2D eigenvalue weighted by Crippen LogP contribution is -2.39. The number of nitrogens with one attached hydrogen (secondary N) is 1. The molecule has 17 heavy (non-hydrogen) atoms. The fourth-order valence-electron chi connectivity index (χ4n) is 2.03. The molecule has 2 rings (SSSR count). The summed E-state index contributed by atoms with van der Waals surface area (Å²) in [6.45, 7) is 3.97. The molecule has 92 valence electrons. The molecule has 1 aliphatic rings. The van der Waals surface area contributed by atoms with Crippen molar-refractivity contribution in [1.29, 1.82) is 0 Å². The van der Waals surface area contributed by atoms with E-state index in [1.54, 1.807) is 0 Å².